The molecule has 7 heteroatoms. The number of hydrogen-bond acceptors (Lipinski definition) is 5. The van der Waals surface area contributed by atoms with E-state index in [9.17, 15) is 4.79 Å². The van der Waals surface area contributed by atoms with Crippen LogP contribution in [0.4, 0.5) is 0 Å². The van der Waals surface area contributed by atoms with Gasteiger partial charge in [0.2, 0.25) is 11.7 Å². The maximum atomic E-state index is 12.7. The molecule has 4 rings (SSSR count). The average molecular weight is 372 g/mol. The summed E-state index contributed by atoms with van der Waals surface area (Å²) in [6.45, 7) is 0.649. The first kappa shape index (κ1) is 16.8. The van der Waals surface area contributed by atoms with Crippen molar-refractivity contribution in [2.45, 2.75) is 31.7 Å². The van der Waals surface area contributed by atoms with E-state index < -0.39 is 0 Å². The fraction of sp³-hybridized carbons (Fsp3) is 0.316. The van der Waals surface area contributed by atoms with Crippen LogP contribution in [0.5, 0.6) is 0 Å². The fourth-order valence-electron chi connectivity index (χ4n) is 3.30. The molecule has 6 nitrogen and oxygen atoms in total. The van der Waals surface area contributed by atoms with Crippen LogP contribution < -0.4 is 0 Å². The lowest BCUT2D eigenvalue weighted by Crippen LogP contribution is -2.38. The van der Waals surface area contributed by atoms with E-state index in [1.165, 1.54) is 12.6 Å². The molecule has 0 saturated carbocycles. The lowest BCUT2D eigenvalue weighted by molar-refractivity contribution is 0.0538. The first-order chi connectivity index (χ1) is 12.7. The van der Waals surface area contributed by atoms with Gasteiger partial charge in [0.25, 0.3) is 5.91 Å². The lowest BCUT2D eigenvalue weighted by Gasteiger charge is -2.33. The number of amides is 1. The summed E-state index contributed by atoms with van der Waals surface area (Å²) in [5.41, 5.74) is 1.05. The maximum absolute atomic E-state index is 12.7. The minimum Gasteiger partial charge on any atom is -0.443 e. The molecule has 1 aliphatic heterocycles. The first-order valence-corrected chi connectivity index (χ1v) is 8.97. The van der Waals surface area contributed by atoms with Crippen LogP contribution in [0.1, 0.15) is 53.1 Å². The highest BCUT2D eigenvalue weighted by Crippen LogP contribution is 2.32. The van der Waals surface area contributed by atoms with Crippen molar-refractivity contribution in [1.82, 2.24) is 14.9 Å². The molecule has 1 saturated heterocycles. The third kappa shape index (κ3) is 3.51. The number of nitrogens with zero attached hydrogens (tertiary/aromatic N) is 3. The summed E-state index contributed by atoms with van der Waals surface area (Å²) in [7, 11) is 0. The molecule has 26 heavy (non-hydrogen) atoms. The van der Waals surface area contributed by atoms with Gasteiger partial charge in [-0.05, 0) is 37.0 Å². The largest absolute Gasteiger partial charge is 0.443 e. The Morgan fingerprint density at radius 3 is 3.04 bits per heavy atom. The Morgan fingerprint density at radius 2 is 2.23 bits per heavy atom. The summed E-state index contributed by atoms with van der Waals surface area (Å²) in [5.74, 6) is 1.37. The number of hydrogen-bond donors (Lipinski definition) is 0. The van der Waals surface area contributed by atoms with Crippen molar-refractivity contribution in [3.8, 4) is 0 Å². The van der Waals surface area contributed by atoms with Crippen molar-refractivity contribution in [3.05, 3.63) is 71.1 Å². The van der Waals surface area contributed by atoms with Crippen molar-refractivity contribution in [2.75, 3.05) is 6.54 Å². The molecule has 0 bridgehead atoms. The first-order valence-electron chi connectivity index (χ1n) is 8.59. The van der Waals surface area contributed by atoms with Crippen LogP contribution in [-0.4, -0.2) is 27.3 Å². The highest BCUT2D eigenvalue weighted by molar-refractivity contribution is 6.30. The molecule has 1 fully saturated rings. The lowest BCUT2D eigenvalue weighted by atomic mass is 10.0. The number of carbonyl (C=O) groups excluding carboxylic acids is 1. The highest BCUT2D eigenvalue weighted by Gasteiger charge is 2.33. The molecule has 134 valence electrons. The van der Waals surface area contributed by atoms with Crippen molar-refractivity contribution >= 4 is 17.5 Å². The van der Waals surface area contributed by atoms with Gasteiger partial charge in [0.05, 0.1) is 12.4 Å². The third-order valence-corrected chi connectivity index (χ3v) is 4.77. The topological polar surface area (TPSA) is 72.4 Å². The summed E-state index contributed by atoms with van der Waals surface area (Å²) in [6, 6.07) is 7.47. The van der Waals surface area contributed by atoms with Crippen LogP contribution in [-0.2, 0) is 6.42 Å². The van der Waals surface area contributed by atoms with Crippen LogP contribution in [0.3, 0.4) is 0 Å². The number of oxazole rings is 2. The van der Waals surface area contributed by atoms with Gasteiger partial charge in [0, 0.05) is 18.0 Å². The number of rotatable bonds is 4. The monoisotopic (exact) mass is 371 g/mol. The Morgan fingerprint density at radius 1 is 1.31 bits per heavy atom. The smallest absolute Gasteiger partial charge is 0.291 e. The van der Waals surface area contributed by atoms with Gasteiger partial charge in [-0.15, -0.1) is 0 Å². The van der Waals surface area contributed by atoms with Gasteiger partial charge >= 0.3 is 0 Å². The van der Waals surface area contributed by atoms with Crippen LogP contribution in [0.2, 0.25) is 5.02 Å². The van der Waals surface area contributed by atoms with Gasteiger partial charge < -0.3 is 13.7 Å². The van der Waals surface area contributed by atoms with Crippen molar-refractivity contribution < 1.29 is 13.6 Å². The molecule has 1 aliphatic rings. The normalized spacial score (nSPS) is 17.4. The van der Waals surface area contributed by atoms with Gasteiger partial charge in [0.15, 0.2) is 6.39 Å². The van der Waals surface area contributed by atoms with E-state index in [1.54, 1.807) is 11.1 Å². The zero-order valence-corrected chi connectivity index (χ0v) is 14.9. The average Bonchev–Trinajstić information content (AvgIpc) is 3.33. The van der Waals surface area contributed by atoms with Gasteiger partial charge in [-0.1, -0.05) is 23.7 Å². The molecule has 0 aliphatic carbocycles. The highest BCUT2D eigenvalue weighted by atomic mass is 35.5. The molecule has 0 radical (unpaired) electrons. The standard InChI is InChI=1S/C19H18ClN3O3/c20-14-5-3-4-13(8-14)9-15-10-22-18(26-15)16-6-1-2-7-23(16)19(24)17-11-21-12-25-17/h3-5,8,10-12,16H,1-2,6-7,9H2/t16-/m0/s1. The molecular formula is C19H18ClN3O3. The zero-order chi connectivity index (χ0) is 17.9. The summed E-state index contributed by atoms with van der Waals surface area (Å²) in [5, 5.41) is 0.693. The number of halogens is 1. The molecule has 0 unspecified atom stereocenters. The van der Waals surface area contributed by atoms with E-state index in [2.05, 4.69) is 9.97 Å². The SMILES string of the molecule is O=C(c1cnco1)N1CCCC[C@H]1c1ncc(Cc2cccc(Cl)c2)o1. The number of piperidine rings is 1. The van der Waals surface area contributed by atoms with Gasteiger partial charge in [-0.3, -0.25) is 4.79 Å². The molecular weight excluding hydrogens is 354 g/mol. The summed E-state index contributed by atoms with van der Waals surface area (Å²) >= 11 is 6.04. The molecule has 3 heterocycles. The third-order valence-electron chi connectivity index (χ3n) is 4.53. The second-order valence-electron chi connectivity index (χ2n) is 6.35. The quantitative estimate of drug-likeness (QED) is 0.684. The second-order valence-corrected chi connectivity index (χ2v) is 6.78. The van der Waals surface area contributed by atoms with Crippen LogP contribution in [0.15, 0.2) is 51.9 Å². The van der Waals surface area contributed by atoms with Gasteiger partial charge in [-0.2, -0.15) is 0 Å². The number of aromatic nitrogens is 2. The van der Waals surface area contributed by atoms with E-state index in [0.717, 1.165) is 30.6 Å². The molecule has 3 aromatic rings. The zero-order valence-electron chi connectivity index (χ0n) is 14.1. The Balaban J connectivity index is 1.54. The molecule has 1 amide bonds. The van der Waals surface area contributed by atoms with Crippen molar-refractivity contribution in [3.63, 3.8) is 0 Å². The van der Waals surface area contributed by atoms with Crippen LogP contribution in [0.25, 0.3) is 0 Å². The van der Waals surface area contributed by atoms with E-state index in [4.69, 9.17) is 20.4 Å². The van der Waals surface area contributed by atoms with Gasteiger partial charge in [0.1, 0.15) is 11.8 Å². The number of likely N-dealkylation sites (tertiary alicyclic amines) is 1. The van der Waals surface area contributed by atoms with Gasteiger partial charge in [-0.25, -0.2) is 9.97 Å². The van der Waals surface area contributed by atoms with Crippen molar-refractivity contribution in [2.24, 2.45) is 0 Å². The molecule has 1 atom stereocenters. The minimum absolute atomic E-state index is 0.179. The Kier molecular flexibility index (Phi) is 4.75. The minimum atomic E-state index is -0.186. The molecule has 2 aromatic heterocycles. The number of benzene rings is 1. The van der Waals surface area contributed by atoms with E-state index >= 15 is 0 Å². The summed E-state index contributed by atoms with van der Waals surface area (Å²) in [4.78, 5) is 22.7. The molecule has 0 N–H and O–H groups in total. The van der Waals surface area contributed by atoms with E-state index in [1.807, 2.05) is 24.3 Å². The van der Waals surface area contributed by atoms with Crippen LogP contribution in [0, 0.1) is 0 Å². The summed E-state index contributed by atoms with van der Waals surface area (Å²) in [6.07, 6.45) is 7.83. The number of carbonyl (C=O) groups is 1. The second kappa shape index (κ2) is 7.33. The van der Waals surface area contributed by atoms with Crippen LogP contribution >= 0.6 is 11.6 Å². The summed E-state index contributed by atoms with van der Waals surface area (Å²) < 4.78 is 11.1. The molecule has 1 aromatic carbocycles. The predicted molar refractivity (Wildman–Crippen MR) is 94.9 cm³/mol. The van der Waals surface area contributed by atoms with Crippen molar-refractivity contribution in [1.29, 1.82) is 0 Å². The predicted octanol–water partition coefficient (Wildman–Crippen LogP) is 4.27. The Bertz CT molecular complexity index is 891. The molecule has 0 spiro atoms. The van der Waals surface area contributed by atoms with E-state index in [-0.39, 0.29) is 17.7 Å². The Hall–Kier alpha value is -2.60. The van der Waals surface area contributed by atoms with E-state index in [0.29, 0.717) is 23.9 Å². The maximum Gasteiger partial charge on any atom is 0.291 e. The fourth-order valence-corrected chi connectivity index (χ4v) is 3.51. The Labute approximate surface area is 155 Å².